The van der Waals surface area contributed by atoms with Gasteiger partial charge in [0.2, 0.25) is 3.78 Å². The zero-order valence-electron chi connectivity index (χ0n) is 4.52. The molecule has 1 unspecified atom stereocenters. The number of alkyl halides is 8. The molecule has 0 aromatic heterocycles. The molecule has 0 N–H and O–H groups in total. The van der Waals surface area contributed by atoms with E-state index in [9.17, 15) is 13.2 Å². The highest BCUT2D eigenvalue weighted by Gasteiger charge is 2.63. The van der Waals surface area contributed by atoms with Crippen LogP contribution in [0.15, 0.2) is 0 Å². The second-order valence-corrected chi connectivity index (χ2v) is 8.71. The molecule has 0 aromatic carbocycles. The summed E-state index contributed by atoms with van der Waals surface area (Å²) in [7, 11) is 0. The zero-order valence-corrected chi connectivity index (χ0v) is 10.8. The van der Waals surface area contributed by atoms with Crippen LogP contribution in [0.2, 0.25) is 0 Å². The molecule has 0 saturated carbocycles. The monoisotopic (exact) mass is 400 g/mol. The van der Waals surface area contributed by atoms with Crippen molar-refractivity contribution >= 4 is 71.0 Å². The third-order valence-electron chi connectivity index (χ3n) is 0.712. The van der Waals surface area contributed by atoms with Crippen molar-refractivity contribution < 1.29 is 13.2 Å². The summed E-state index contributed by atoms with van der Waals surface area (Å²) in [5.41, 5.74) is 0. The summed E-state index contributed by atoms with van der Waals surface area (Å²) in [6.07, 6.45) is -4.66. The van der Waals surface area contributed by atoms with Crippen molar-refractivity contribution in [2.45, 2.75) is 12.7 Å². The van der Waals surface area contributed by atoms with Crippen LogP contribution >= 0.6 is 71.0 Å². The molecule has 8 heteroatoms. The summed E-state index contributed by atoms with van der Waals surface area (Å²) < 4.78 is 31.3. The Morgan fingerprint density at radius 2 is 1.18 bits per heavy atom. The number of hydrogen-bond donors (Lipinski definition) is 0. The Hall–Kier alpha value is 1.81. The molecule has 0 nitrogen and oxygen atoms in total. The van der Waals surface area contributed by atoms with Gasteiger partial charge in [0, 0.05) is 0 Å². The molecule has 0 heterocycles. The first-order valence-corrected chi connectivity index (χ1v) is 5.15. The fourth-order valence-corrected chi connectivity index (χ4v) is 0.717. The molecular formula is C3Br3Cl2F3. The summed E-state index contributed by atoms with van der Waals surface area (Å²) in [5.74, 6) is 0. The maximum absolute atomic E-state index is 12.0. The first-order valence-electron chi connectivity index (χ1n) is 2.01. The van der Waals surface area contributed by atoms with Crippen LogP contribution in [0.1, 0.15) is 0 Å². The van der Waals surface area contributed by atoms with Crippen molar-refractivity contribution in [3.8, 4) is 0 Å². The molecule has 0 amide bonds. The van der Waals surface area contributed by atoms with Gasteiger partial charge in [-0.25, -0.2) is 0 Å². The molecule has 0 aliphatic heterocycles. The van der Waals surface area contributed by atoms with E-state index in [2.05, 4.69) is 47.8 Å². The fraction of sp³-hybridized carbons (Fsp3) is 1.00. The average Bonchev–Trinajstić information content (AvgIpc) is 1.58. The molecule has 1 atom stereocenters. The summed E-state index contributed by atoms with van der Waals surface area (Å²) in [4.78, 5) is 0. The highest BCUT2D eigenvalue weighted by Crippen LogP contribution is 2.57. The lowest BCUT2D eigenvalue weighted by Crippen LogP contribution is -2.44. The lowest BCUT2D eigenvalue weighted by atomic mass is 10.5. The van der Waals surface area contributed by atoms with Gasteiger partial charge in [-0.3, -0.25) is 0 Å². The third kappa shape index (κ3) is 2.90. The van der Waals surface area contributed by atoms with E-state index in [1.165, 1.54) is 0 Å². The van der Waals surface area contributed by atoms with Crippen LogP contribution in [0.3, 0.4) is 0 Å². The maximum Gasteiger partial charge on any atom is 0.420 e. The molecule has 0 bridgehead atoms. The maximum atomic E-state index is 12.0. The molecule has 0 rings (SSSR count). The highest BCUT2D eigenvalue weighted by atomic mass is 79.9. The van der Waals surface area contributed by atoms with Gasteiger partial charge in [-0.1, -0.05) is 71.0 Å². The molecule has 0 radical (unpaired) electrons. The summed E-state index contributed by atoms with van der Waals surface area (Å²) in [6.45, 7) is 0. The molecule has 0 aromatic rings. The van der Waals surface area contributed by atoms with Gasteiger partial charge in [-0.2, -0.15) is 13.2 Å². The van der Waals surface area contributed by atoms with Crippen LogP contribution in [0, 0.1) is 0 Å². The van der Waals surface area contributed by atoms with Crippen molar-refractivity contribution in [2.24, 2.45) is 0 Å². The Labute approximate surface area is 96.2 Å². The van der Waals surface area contributed by atoms with Crippen LogP contribution in [0.5, 0.6) is 0 Å². The Kier molecular flexibility index (Phi) is 4.10. The average molecular weight is 404 g/mol. The predicted octanol–water partition coefficient (Wildman–Crippen LogP) is 4.56. The van der Waals surface area contributed by atoms with Crippen LogP contribution in [0.25, 0.3) is 0 Å². The Morgan fingerprint density at radius 1 is 0.909 bits per heavy atom. The predicted molar refractivity (Wildman–Crippen MR) is 50.0 cm³/mol. The SMILES string of the molecule is FC(F)(F)C(Cl)(Br)C(Cl)(Br)Br. The van der Waals surface area contributed by atoms with Gasteiger partial charge < -0.3 is 0 Å². The second-order valence-electron chi connectivity index (χ2n) is 1.57. The van der Waals surface area contributed by atoms with E-state index in [-0.39, 0.29) is 0 Å². The number of hydrogen-bond acceptors (Lipinski definition) is 0. The molecule has 0 fully saturated rings. The van der Waals surface area contributed by atoms with Crippen molar-refractivity contribution in [3.63, 3.8) is 0 Å². The lowest BCUT2D eigenvalue weighted by Gasteiger charge is -2.30. The zero-order chi connectivity index (χ0) is 9.50. The molecule has 0 saturated heterocycles. The van der Waals surface area contributed by atoms with E-state index in [1.54, 1.807) is 0 Å². The van der Waals surface area contributed by atoms with Crippen LogP contribution in [-0.2, 0) is 0 Å². The van der Waals surface area contributed by atoms with Gasteiger partial charge in [0.25, 0.3) is 0 Å². The Morgan fingerprint density at radius 3 is 1.18 bits per heavy atom. The minimum Gasteiger partial charge on any atom is -0.168 e. The molecule has 0 aliphatic rings. The number of rotatable bonds is 1. The molecule has 11 heavy (non-hydrogen) atoms. The van der Waals surface area contributed by atoms with Gasteiger partial charge in [0.1, 0.15) is 0 Å². The minimum atomic E-state index is -4.66. The van der Waals surface area contributed by atoms with E-state index in [4.69, 9.17) is 23.2 Å². The van der Waals surface area contributed by atoms with E-state index >= 15 is 0 Å². The van der Waals surface area contributed by atoms with Crippen molar-refractivity contribution in [3.05, 3.63) is 0 Å². The fourth-order valence-electron chi connectivity index (χ4n) is 0.161. The Balaban J connectivity index is 4.75. The van der Waals surface area contributed by atoms with E-state index in [0.29, 0.717) is 0 Å². The van der Waals surface area contributed by atoms with Crippen molar-refractivity contribution in [1.29, 1.82) is 0 Å². The summed E-state index contributed by atoms with van der Waals surface area (Å²) in [6, 6.07) is 0. The van der Waals surface area contributed by atoms with Gasteiger partial charge >= 0.3 is 6.18 Å². The van der Waals surface area contributed by atoms with E-state index in [0.717, 1.165) is 0 Å². The molecule has 0 spiro atoms. The van der Waals surface area contributed by atoms with Gasteiger partial charge in [-0.05, 0) is 0 Å². The van der Waals surface area contributed by atoms with Gasteiger partial charge in [0.05, 0.1) is 0 Å². The van der Waals surface area contributed by atoms with E-state index in [1.807, 2.05) is 0 Å². The normalized spacial score (nSPS) is 19.6. The molecular weight excluding hydrogens is 404 g/mol. The second kappa shape index (κ2) is 3.52. The first-order chi connectivity index (χ1) is 4.50. The first kappa shape index (κ1) is 12.8. The smallest absolute Gasteiger partial charge is 0.168 e. The third-order valence-corrected chi connectivity index (χ3v) is 5.57. The van der Waals surface area contributed by atoms with Gasteiger partial charge in [0.15, 0.2) is 2.69 Å². The van der Waals surface area contributed by atoms with Crippen LogP contribution in [-0.4, -0.2) is 12.7 Å². The van der Waals surface area contributed by atoms with Crippen LogP contribution < -0.4 is 0 Å². The van der Waals surface area contributed by atoms with E-state index < -0.39 is 12.7 Å². The number of halogens is 8. The standard InChI is InChI=1S/C3Br3Cl2F3/c4-1(7,2(5,6)8)3(9,10)11. The summed E-state index contributed by atoms with van der Waals surface area (Å²) in [5, 5.41) is 0. The quantitative estimate of drug-likeness (QED) is 0.563. The molecule has 0 aliphatic carbocycles. The van der Waals surface area contributed by atoms with Crippen molar-refractivity contribution in [2.75, 3.05) is 0 Å². The van der Waals surface area contributed by atoms with Gasteiger partial charge in [-0.15, -0.1) is 0 Å². The highest BCUT2D eigenvalue weighted by molar-refractivity contribution is 9.27. The summed E-state index contributed by atoms with van der Waals surface area (Å²) >= 11 is 17.6. The van der Waals surface area contributed by atoms with Crippen molar-refractivity contribution in [1.82, 2.24) is 0 Å². The Bertz CT molecular complexity index is 133. The molecule has 68 valence electrons. The lowest BCUT2D eigenvalue weighted by molar-refractivity contribution is -0.135. The minimum absolute atomic E-state index is 1.97. The topological polar surface area (TPSA) is 0 Å². The van der Waals surface area contributed by atoms with Crippen LogP contribution in [0.4, 0.5) is 13.2 Å². The largest absolute Gasteiger partial charge is 0.420 e.